The Labute approximate surface area is 204 Å². The second-order valence-electron chi connectivity index (χ2n) is 9.00. The molecule has 4 heterocycles. The number of nitrogens with one attached hydrogen (secondary N) is 1. The van der Waals surface area contributed by atoms with Gasteiger partial charge in [0.1, 0.15) is 0 Å². The lowest BCUT2D eigenvalue weighted by Gasteiger charge is -2.37. The first-order valence-electron chi connectivity index (χ1n) is 11.1. The molecule has 5 rings (SSSR count). The van der Waals surface area contributed by atoms with E-state index in [1.54, 1.807) is 11.3 Å². The van der Waals surface area contributed by atoms with Crippen LogP contribution in [0.2, 0.25) is 5.02 Å². The molecule has 32 heavy (non-hydrogen) atoms. The summed E-state index contributed by atoms with van der Waals surface area (Å²) in [5.41, 5.74) is 3.10. The number of rotatable bonds is 4. The van der Waals surface area contributed by atoms with Crippen molar-refractivity contribution in [3.8, 4) is 0 Å². The second kappa shape index (κ2) is 9.00. The zero-order valence-electron chi connectivity index (χ0n) is 18.2. The van der Waals surface area contributed by atoms with Crippen molar-refractivity contribution in [1.82, 2.24) is 10.3 Å². The van der Waals surface area contributed by atoms with E-state index in [-0.39, 0.29) is 12.1 Å². The van der Waals surface area contributed by atoms with E-state index in [0.29, 0.717) is 16.9 Å². The van der Waals surface area contributed by atoms with Gasteiger partial charge in [-0.15, -0.1) is 11.3 Å². The maximum Gasteiger partial charge on any atom is 0.174 e. The van der Waals surface area contributed by atoms with Crippen molar-refractivity contribution in [2.24, 2.45) is 11.8 Å². The molecular formula is C25H27ClN4S2. The quantitative estimate of drug-likeness (QED) is 0.431. The highest BCUT2D eigenvalue weighted by Gasteiger charge is 2.41. The Morgan fingerprint density at radius 3 is 2.56 bits per heavy atom. The van der Waals surface area contributed by atoms with Crippen LogP contribution < -0.4 is 15.1 Å². The fourth-order valence-corrected chi connectivity index (χ4v) is 6.64. The fourth-order valence-electron chi connectivity index (χ4n) is 5.14. The van der Waals surface area contributed by atoms with E-state index in [9.17, 15) is 0 Å². The van der Waals surface area contributed by atoms with Gasteiger partial charge >= 0.3 is 0 Å². The second-order valence-corrected chi connectivity index (χ2v) is 10.8. The van der Waals surface area contributed by atoms with Gasteiger partial charge in [-0.25, -0.2) is 0 Å². The van der Waals surface area contributed by atoms with Crippen molar-refractivity contribution in [3.05, 3.63) is 75.7 Å². The lowest BCUT2D eigenvalue weighted by molar-refractivity contribution is 0.357. The Kier molecular flexibility index (Phi) is 6.10. The third kappa shape index (κ3) is 4.12. The summed E-state index contributed by atoms with van der Waals surface area (Å²) in [4.78, 5) is 10.5. The molecule has 0 spiro atoms. The summed E-state index contributed by atoms with van der Waals surface area (Å²) in [6.07, 6.45) is 3.11. The molecule has 2 aromatic heterocycles. The summed E-state index contributed by atoms with van der Waals surface area (Å²) in [6.45, 7) is 6.74. The number of hydrogen-bond acceptors (Lipinski definition) is 4. The summed E-state index contributed by atoms with van der Waals surface area (Å²) < 4.78 is 0. The SMILES string of the molecule is C[C@@H]1C[C@H](C)CN(c2ccc(N3C(=S)N[C@H](c4ccccn4)[C@@H]3c3cccs3)cc2Cl)C1. The smallest absolute Gasteiger partial charge is 0.174 e. The van der Waals surface area contributed by atoms with E-state index in [1.165, 1.54) is 11.3 Å². The summed E-state index contributed by atoms with van der Waals surface area (Å²) in [7, 11) is 0. The van der Waals surface area contributed by atoms with Crippen LogP contribution in [0.15, 0.2) is 60.1 Å². The van der Waals surface area contributed by atoms with Crippen LogP contribution in [-0.2, 0) is 0 Å². The number of benzene rings is 1. The lowest BCUT2D eigenvalue weighted by atomic mass is 9.91. The van der Waals surface area contributed by atoms with Gasteiger partial charge in [0.2, 0.25) is 0 Å². The summed E-state index contributed by atoms with van der Waals surface area (Å²) in [6, 6.07) is 16.6. The van der Waals surface area contributed by atoms with E-state index < -0.39 is 0 Å². The molecule has 2 fully saturated rings. The standard InChI is InChI=1S/C25H27ClN4S2/c1-16-12-17(2)15-29(14-16)21-9-8-18(13-19(21)26)30-24(22-7-5-11-32-22)23(28-25(30)31)20-6-3-4-10-27-20/h3-11,13,16-17,23-24H,12,14-15H2,1-2H3,(H,28,31)/t16-,17+,23-,24+/m1/s1. The third-order valence-corrected chi connectivity index (χ3v) is 7.91. The van der Waals surface area contributed by atoms with Gasteiger partial charge in [0.25, 0.3) is 0 Å². The largest absolute Gasteiger partial charge is 0.370 e. The molecule has 4 atom stereocenters. The average Bonchev–Trinajstić information content (AvgIpc) is 3.41. The number of hydrogen-bond donors (Lipinski definition) is 1. The van der Waals surface area contributed by atoms with Gasteiger partial charge in [0.15, 0.2) is 5.11 Å². The van der Waals surface area contributed by atoms with Gasteiger partial charge in [-0.05, 0) is 72.3 Å². The number of nitrogens with zero attached hydrogens (tertiary/aromatic N) is 3. The first kappa shape index (κ1) is 21.7. The zero-order chi connectivity index (χ0) is 22.2. The fraction of sp³-hybridized carbons (Fsp3) is 0.360. The first-order chi connectivity index (χ1) is 15.5. The van der Waals surface area contributed by atoms with E-state index in [4.69, 9.17) is 23.8 Å². The number of pyridine rings is 1. The number of piperidine rings is 1. The summed E-state index contributed by atoms with van der Waals surface area (Å²) >= 11 is 14.4. The summed E-state index contributed by atoms with van der Waals surface area (Å²) in [5, 5.41) is 7.10. The van der Waals surface area contributed by atoms with Crippen LogP contribution >= 0.6 is 35.2 Å². The van der Waals surface area contributed by atoms with Crippen LogP contribution in [0.5, 0.6) is 0 Å². The van der Waals surface area contributed by atoms with Crippen molar-refractivity contribution >= 4 is 51.6 Å². The van der Waals surface area contributed by atoms with Crippen molar-refractivity contribution in [3.63, 3.8) is 0 Å². The van der Waals surface area contributed by atoms with Gasteiger partial charge in [-0.2, -0.15) is 0 Å². The van der Waals surface area contributed by atoms with Gasteiger partial charge in [-0.1, -0.05) is 37.6 Å². The van der Waals surface area contributed by atoms with Crippen LogP contribution in [0.1, 0.15) is 42.9 Å². The predicted octanol–water partition coefficient (Wildman–Crippen LogP) is 6.46. The molecule has 3 aromatic rings. The minimum Gasteiger partial charge on any atom is -0.370 e. The Balaban J connectivity index is 1.50. The van der Waals surface area contributed by atoms with E-state index in [1.807, 2.05) is 18.3 Å². The number of anilines is 2. The molecule has 166 valence electrons. The van der Waals surface area contributed by atoms with Crippen LogP contribution in [0.3, 0.4) is 0 Å². The highest BCUT2D eigenvalue weighted by molar-refractivity contribution is 7.80. The zero-order valence-corrected chi connectivity index (χ0v) is 20.6. The maximum atomic E-state index is 6.87. The van der Waals surface area contributed by atoms with Crippen molar-refractivity contribution in [2.45, 2.75) is 32.4 Å². The molecule has 2 aliphatic heterocycles. The molecule has 0 aliphatic carbocycles. The third-order valence-electron chi connectivity index (χ3n) is 6.35. The normalized spacial score (nSPS) is 25.8. The van der Waals surface area contributed by atoms with Crippen molar-refractivity contribution < 1.29 is 0 Å². The van der Waals surface area contributed by atoms with Gasteiger partial charge < -0.3 is 15.1 Å². The molecule has 0 amide bonds. The lowest BCUT2D eigenvalue weighted by Crippen LogP contribution is -2.38. The first-order valence-corrected chi connectivity index (χ1v) is 12.8. The number of halogens is 1. The molecule has 0 saturated carbocycles. The molecule has 7 heteroatoms. The molecule has 1 aromatic carbocycles. The molecule has 4 nitrogen and oxygen atoms in total. The number of thiophene rings is 1. The van der Waals surface area contributed by atoms with Crippen molar-refractivity contribution in [1.29, 1.82) is 0 Å². The van der Waals surface area contributed by atoms with Gasteiger partial charge in [-0.3, -0.25) is 4.98 Å². The Bertz CT molecular complexity index is 1080. The number of thiocarbonyl (C=S) groups is 1. The van der Waals surface area contributed by atoms with Gasteiger partial charge in [0, 0.05) is 29.9 Å². The van der Waals surface area contributed by atoms with Crippen LogP contribution in [-0.4, -0.2) is 23.2 Å². The molecule has 2 aliphatic rings. The Hall–Kier alpha value is -2.15. The van der Waals surface area contributed by atoms with Gasteiger partial charge in [0.05, 0.1) is 28.5 Å². The van der Waals surface area contributed by atoms with Crippen LogP contribution in [0.4, 0.5) is 11.4 Å². The average molecular weight is 483 g/mol. The molecule has 0 bridgehead atoms. The monoisotopic (exact) mass is 482 g/mol. The molecule has 2 saturated heterocycles. The molecular weight excluding hydrogens is 456 g/mol. The molecule has 1 N–H and O–H groups in total. The highest BCUT2D eigenvalue weighted by Crippen LogP contribution is 2.44. The minimum absolute atomic E-state index is 0.0225. The van der Waals surface area contributed by atoms with Crippen LogP contribution in [0, 0.1) is 11.8 Å². The van der Waals surface area contributed by atoms with Crippen LogP contribution in [0.25, 0.3) is 0 Å². The summed E-state index contributed by atoms with van der Waals surface area (Å²) in [5.74, 6) is 1.35. The maximum absolute atomic E-state index is 6.87. The number of aromatic nitrogens is 1. The van der Waals surface area contributed by atoms with E-state index in [0.717, 1.165) is 35.2 Å². The Morgan fingerprint density at radius 1 is 1.09 bits per heavy atom. The highest BCUT2D eigenvalue weighted by atomic mass is 35.5. The molecule has 0 unspecified atom stereocenters. The van der Waals surface area contributed by atoms with E-state index in [2.05, 4.69) is 75.7 Å². The predicted molar refractivity (Wildman–Crippen MR) is 139 cm³/mol. The Morgan fingerprint density at radius 2 is 1.91 bits per heavy atom. The van der Waals surface area contributed by atoms with E-state index >= 15 is 0 Å². The molecule has 0 radical (unpaired) electrons. The topological polar surface area (TPSA) is 31.4 Å². The van der Waals surface area contributed by atoms with Crippen molar-refractivity contribution in [2.75, 3.05) is 22.9 Å². The minimum atomic E-state index is -0.0235.